The second-order valence-electron chi connectivity index (χ2n) is 6.10. The van der Waals surface area contributed by atoms with Gasteiger partial charge in [-0.3, -0.25) is 0 Å². The molecule has 2 N–H and O–H groups in total. The maximum atomic E-state index is 9.53. The molecule has 1 aliphatic rings. The van der Waals surface area contributed by atoms with Crippen LogP contribution in [0.5, 0.6) is 5.75 Å². The van der Waals surface area contributed by atoms with Gasteiger partial charge in [-0.05, 0) is 60.7 Å². The number of hydrogen-bond acceptors (Lipinski definition) is 1. The van der Waals surface area contributed by atoms with Gasteiger partial charge in [-0.1, -0.05) is 30.2 Å². The number of aromatic nitrogens is 1. The molecule has 1 unspecified atom stereocenters. The molecule has 1 heterocycles. The number of fused-ring (bicyclic) bond motifs is 3. The maximum absolute atomic E-state index is 9.53. The first kappa shape index (κ1) is 13.7. The lowest BCUT2D eigenvalue weighted by atomic mass is 9.91. The molecule has 0 amide bonds. The summed E-state index contributed by atoms with van der Waals surface area (Å²) in [5.41, 5.74) is 5.16. The van der Waals surface area contributed by atoms with Gasteiger partial charge in [0.15, 0.2) is 0 Å². The van der Waals surface area contributed by atoms with E-state index in [4.69, 9.17) is 11.6 Å². The monoisotopic (exact) mass is 311 g/mol. The largest absolute Gasteiger partial charge is 0.508 e. The molecule has 0 bridgehead atoms. The second-order valence-corrected chi connectivity index (χ2v) is 6.53. The summed E-state index contributed by atoms with van der Waals surface area (Å²) in [5.74, 6) is 0.685. The lowest BCUT2D eigenvalue weighted by Gasteiger charge is -2.15. The molecule has 2 nitrogen and oxygen atoms in total. The van der Waals surface area contributed by atoms with Crippen LogP contribution in [-0.2, 0) is 6.42 Å². The number of aromatic amines is 1. The molecule has 112 valence electrons. The van der Waals surface area contributed by atoms with Crippen molar-refractivity contribution in [3.63, 3.8) is 0 Å². The Labute approximate surface area is 134 Å². The smallest absolute Gasteiger partial charge is 0.115 e. The van der Waals surface area contributed by atoms with Crippen molar-refractivity contribution in [3.05, 3.63) is 64.3 Å². The van der Waals surface area contributed by atoms with Gasteiger partial charge in [0, 0.05) is 27.5 Å². The molecule has 0 saturated carbocycles. The van der Waals surface area contributed by atoms with Crippen molar-refractivity contribution in [1.82, 2.24) is 4.98 Å². The predicted molar refractivity (Wildman–Crippen MR) is 90.8 cm³/mol. The predicted octanol–water partition coefficient (Wildman–Crippen LogP) is 5.39. The molecular weight excluding hydrogens is 294 g/mol. The Balaban J connectivity index is 1.89. The molecular formula is C19H18ClNO. The van der Waals surface area contributed by atoms with E-state index < -0.39 is 0 Å². The Bertz CT molecular complexity index is 819. The van der Waals surface area contributed by atoms with Crippen molar-refractivity contribution in [1.29, 1.82) is 0 Å². The van der Waals surface area contributed by atoms with Gasteiger partial charge in [-0.2, -0.15) is 0 Å². The highest BCUT2D eigenvalue weighted by Gasteiger charge is 2.24. The third-order valence-corrected chi connectivity index (χ3v) is 4.95. The number of halogens is 1. The molecule has 0 spiro atoms. The van der Waals surface area contributed by atoms with Crippen LogP contribution in [0.2, 0.25) is 5.02 Å². The number of H-pyrrole nitrogens is 1. The summed E-state index contributed by atoms with van der Waals surface area (Å²) in [6.07, 6.45) is 4.67. The summed E-state index contributed by atoms with van der Waals surface area (Å²) in [5, 5.41) is 11.6. The average Bonchev–Trinajstić information content (AvgIpc) is 2.73. The second kappa shape index (κ2) is 5.36. The molecule has 1 aliphatic carbocycles. The van der Waals surface area contributed by atoms with Crippen LogP contribution in [0.15, 0.2) is 42.5 Å². The van der Waals surface area contributed by atoms with E-state index in [1.165, 1.54) is 40.6 Å². The van der Waals surface area contributed by atoms with E-state index in [1.54, 1.807) is 12.1 Å². The molecule has 3 heteroatoms. The molecule has 0 aliphatic heterocycles. The van der Waals surface area contributed by atoms with Crippen LogP contribution in [0.4, 0.5) is 0 Å². The Morgan fingerprint density at radius 2 is 1.86 bits per heavy atom. The van der Waals surface area contributed by atoms with E-state index in [1.807, 2.05) is 18.2 Å². The number of phenols is 1. The lowest BCUT2D eigenvalue weighted by molar-refractivity contribution is 0.475. The zero-order chi connectivity index (χ0) is 15.1. The van der Waals surface area contributed by atoms with Crippen molar-refractivity contribution < 1.29 is 5.11 Å². The summed E-state index contributed by atoms with van der Waals surface area (Å²) < 4.78 is 0. The third-order valence-electron chi connectivity index (χ3n) is 4.71. The Hall–Kier alpha value is -1.93. The van der Waals surface area contributed by atoms with Crippen molar-refractivity contribution in [2.75, 3.05) is 0 Å². The zero-order valence-corrected chi connectivity index (χ0v) is 13.0. The minimum atomic E-state index is 0.320. The fourth-order valence-corrected chi connectivity index (χ4v) is 3.81. The zero-order valence-electron chi connectivity index (χ0n) is 12.3. The number of nitrogens with one attached hydrogen (secondary N) is 1. The van der Waals surface area contributed by atoms with E-state index >= 15 is 0 Å². The van der Waals surface area contributed by atoms with E-state index in [-0.39, 0.29) is 0 Å². The number of aryl methyl sites for hydroxylation is 1. The fraction of sp³-hybridized carbons (Fsp3) is 0.263. The molecule has 3 aromatic rings. The summed E-state index contributed by atoms with van der Waals surface area (Å²) in [6.45, 7) is 0. The van der Waals surface area contributed by atoms with Crippen molar-refractivity contribution in [2.45, 2.75) is 31.6 Å². The van der Waals surface area contributed by atoms with E-state index in [9.17, 15) is 5.11 Å². The summed E-state index contributed by atoms with van der Waals surface area (Å²) in [4.78, 5) is 3.63. The molecule has 2 aromatic carbocycles. The fourth-order valence-electron chi connectivity index (χ4n) is 3.64. The first-order valence-electron chi connectivity index (χ1n) is 7.81. The lowest BCUT2D eigenvalue weighted by Crippen LogP contribution is -2.01. The summed E-state index contributed by atoms with van der Waals surface area (Å²) >= 11 is 6.19. The van der Waals surface area contributed by atoms with E-state index in [0.717, 1.165) is 17.9 Å². The van der Waals surface area contributed by atoms with Crippen LogP contribution in [0, 0.1) is 0 Å². The van der Waals surface area contributed by atoms with Gasteiger partial charge < -0.3 is 10.1 Å². The van der Waals surface area contributed by atoms with E-state index in [2.05, 4.69) is 17.1 Å². The Morgan fingerprint density at radius 3 is 2.68 bits per heavy atom. The topological polar surface area (TPSA) is 36.0 Å². The molecule has 0 saturated heterocycles. The van der Waals surface area contributed by atoms with Gasteiger partial charge in [-0.25, -0.2) is 0 Å². The van der Waals surface area contributed by atoms with Crippen LogP contribution in [0.3, 0.4) is 0 Å². The molecule has 0 radical (unpaired) electrons. The van der Waals surface area contributed by atoms with Gasteiger partial charge in [0.05, 0.1) is 0 Å². The van der Waals surface area contributed by atoms with Gasteiger partial charge >= 0.3 is 0 Å². The van der Waals surface area contributed by atoms with Crippen LogP contribution >= 0.6 is 11.6 Å². The highest BCUT2D eigenvalue weighted by Crippen LogP contribution is 2.39. The maximum Gasteiger partial charge on any atom is 0.115 e. The Morgan fingerprint density at radius 1 is 1.05 bits per heavy atom. The molecule has 1 atom stereocenters. The Kier molecular flexibility index (Phi) is 3.34. The van der Waals surface area contributed by atoms with E-state index in [0.29, 0.717) is 11.7 Å². The van der Waals surface area contributed by atoms with Crippen molar-refractivity contribution >= 4 is 22.5 Å². The standard InChI is InChI=1S/C19H18ClNO/c20-13-7-10-18-17(11-13)16-4-2-1-3-15(19(16)21-18)12-5-8-14(22)9-6-12/h5-11,15,21-22H,1-4H2. The van der Waals surface area contributed by atoms with Crippen LogP contribution in [-0.4, -0.2) is 10.1 Å². The van der Waals surface area contributed by atoms with Gasteiger partial charge in [0.25, 0.3) is 0 Å². The number of phenolic OH excluding ortho intramolecular Hbond substituents is 1. The number of aromatic hydroxyl groups is 1. The highest BCUT2D eigenvalue weighted by molar-refractivity contribution is 6.31. The normalized spacial score (nSPS) is 18.1. The van der Waals surface area contributed by atoms with Crippen LogP contribution < -0.4 is 0 Å². The molecule has 4 rings (SSSR count). The number of rotatable bonds is 1. The highest BCUT2D eigenvalue weighted by atomic mass is 35.5. The molecule has 22 heavy (non-hydrogen) atoms. The van der Waals surface area contributed by atoms with Crippen molar-refractivity contribution in [3.8, 4) is 5.75 Å². The van der Waals surface area contributed by atoms with Gasteiger partial charge in [-0.15, -0.1) is 0 Å². The van der Waals surface area contributed by atoms with Crippen LogP contribution in [0.1, 0.15) is 42.0 Å². The molecule has 0 fully saturated rings. The van der Waals surface area contributed by atoms with Crippen LogP contribution in [0.25, 0.3) is 10.9 Å². The first-order valence-corrected chi connectivity index (χ1v) is 8.19. The van der Waals surface area contributed by atoms with Crippen molar-refractivity contribution in [2.24, 2.45) is 0 Å². The molecule has 1 aromatic heterocycles. The minimum absolute atomic E-state index is 0.320. The summed E-state index contributed by atoms with van der Waals surface area (Å²) in [7, 11) is 0. The van der Waals surface area contributed by atoms with Gasteiger partial charge in [0.2, 0.25) is 0 Å². The quantitative estimate of drug-likeness (QED) is 0.581. The first-order chi connectivity index (χ1) is 10.7. The SMILES string of the molecule is Oc1ccc(C2CCCCc3c2[nH]c2ccc(Cl)cc32)cc1. The minimum Gasteiger partial charge on any atom is -0.508 e. The third kappa shape index (κ3) is 2.28. The summed E-state index contributed by atoms with van der Waals surface area (Å²) in [6, 6.07) is 13.7. The average molecular weight is 312 g/mol. The number of benzene rings is 2. The number of hydrogen-bond donors (Lipinski definition) is 2. The van der Waals surface area contributed by atoms with Gasteiger partial charge in [0.1, 0.15) is 5.75 Å².